The Balaban J connectivity index is 0.000000167. The first kappa shape index (κ1) is 36.6. The lowest BCUT2D eigenvalue weighted by Crippen LogP contribution is -2.32. The zero-order valence-electron chi connectivity index (χ0n) is 29.7. The van der Waals surface area contributed by atoms with E-state index in [1.807, 2.05) is 48.5 Å². The van der Waals surface area contributed by atoms with Crippen LogP contribution < -0.4 is 0 Å². The molecule has 0 atom stereocenters. The predicted octanol–water partition coefficient (Wildman–Crippen LogP) is 9.32. The summed E-state index contributed by atoms with van der Waals surface area (Å²) in [6, 6.07) is 30.9. The van der Waals surface area contributed by atoms with Crippen molar-refractivity contribution in [3.63, 3.8) is 0 Å². The highest BCUT2D eigenvalue weighted by molar-refractivity contribution is 5.81. The van der Waals surface area contributed by atoms with E-state index in [0.29, 0.717) is 11.8 Å². The molecule has 2 saturated heterocycles. The van der Waals surface area contributed by atoms with Crippen LogP contribution in [0.3, 0.4) is 0 Å². The van der Waals surface area contributed by atoms with Crippen LogP contribution in [0.15, 0.2) is 109 Å². The molecule has 2 aliphatic rings. The van der Waals surface area contributed by atoms with E-state index in [4.69, 9.17) is 0 Å². The number of piperidine rings is 2. The Morgan fingerprint density at radius 2 is 0.907 bits per heavy atom. The summed E-state index contributed by atoms with van der Waals surface area (Å²) in [5, 5.41) is 23.3. The molecule has 0 amide bonds. The molecular weight excluding hydrogens is 690 g/mol. The van der Waals surface area contributed by atoms with Gasteiger partial charge in [0.1, 0.15) is 11.6 Å². The zero-order valence-corrected chi connectivity index (χ0v) is 29.7. The van der Waals surface area contributed by atoms with Gasteiger partial charge in [-0.25, -0.2) is 8.78 Å². The maximum atomic E-state index is 13.1. The molecule has 276 valence electrons. The van der Waals surface area contributed by atoms with Crippen LogP contribution in [0.4, 0.5) is 20.2 Å². The molecule has 8 rings (SSSR count). The zero-order chi connectivity index (χ0) is 37.6. The van der Waals surface area contributed by atoms with E-state index in [1.54, 1.807) is 24.3 Å². The summed E-state index contributed by atoms with van der Waals surface area (Å²) in [6.07, 6.45) is 4.19. The van der Waals surface area contributed by atoms with Gasteiger partial charge in [0.2, 0.25) is 0 Å². The van der Waals surface area contributed by atoms with Gasteiger partial charge >= 0.3 is 0 Å². The minimum absolute atomic E-state index is 0.0833. The SMILES string of the molecule is O=[N+]([O-])c1ccc2nc(CN3CCC(c4ccc(F)cc4)CC3)ccc2c1.O=[N+]([O-])c1ccc2nc(CN3CCC(c4ccc(F)cc4)CC3)ccc2c1. The fourth-order valence-corrected chi connectivity index (χ4v) is 7.49. The second kappa shape index (κ2) is 16.5. The molecule has 4 aromatic carbocycles. The Morgan fingerprint density at radius 1 is 0.537 bits per heavy atom. The lowest BCUT2D eigenvalue weighted by molar-refractivity contribution is -0.384. The van der Waals surface area contributed by atoms with Crippen molar-refractivity contribution in [1.82, 2.24) is 19.8 Å². The number of hydrogen-bond donors (Lipinski definition) is 0. The van der Waals surface area contributed by atoms with E-state index in [-0.39, 0.29) is 23.0 Å². The van der Waals surface area contributed by atoms with E-state index in [1.165, 1.54) is 47.5 Å². The van der Waals surface area contributed by atoms with E-state index < -0.39 is 9.85 Å². The Bertz CT molecular complexity index is 2090. The molecule has 12 heteroatoms. The summed E-state index contributed by atoms with van der Waals surface area (Å²) in [4.78, 5) is 35.0. The standard InChI is InChI=1S/2C21H20FN3O2/c2*22-18-4-1-15(2-5-18)16-9-11-24(12-10-16)14-19-6-3-17-13-20(25(26)27)7-8-21(17)23-19/h2*1-8,13,16H,9-12,14H2. The summed E-state index contributed by atoms with van der Waals surface area (Å²) in [7, 11) is 0. The minimum atomic E-state index is -0.390. The number of rotatable bonds is 8. The number of nitro groups is 2. The second-order valence-electron chi connectivity index (χ2n) is 14.1. The Kier molecular flexibility index (Phi) is 11.2. The topological polar surface area (TPSA) is 119 Å². The number of nitrogens with zero attached hydrogens (tertiary/aromatic N) is 6. The van der Waals surface area contributed by atoms with Crippen LogP contribution in [0, 0.1) is 31.9 Å². The lowest BCUT2D eigenvalue weighted by Gasteiger charge is -2.32. The molecule has 0 spiro atoms. The molecule has 0 unspecified atom stereocenters. The number of aromatic nitrogens is 2. The van der Waals surface area contributed by atoms with Crippen LogP contribution in [-0.4, -0.2) is 55.8 Å². The van der Waals surface area contributed by atoms with Crippen LogP contribution in [0.25, 0.3) is 21.8 Å². The number of benzene rings is 4. The molecule has 4 heterocycles. The molecule has 2 fully saturated rings. The first-order chi connectivity index (χ1) is 26.2. The average Bonchev–Trinajstić information content (AvgIpc) is 3.19. The number of nitro benzene ring substituents is 2. The number of halogens is 2. The van der Waals surface area contributed by atoms with Gasteiger partial charge in [0.25, 0.3) is 11.4 Å². The van der Waals surface area contributed by atoms with E-state index in [0.717, 1.165) is 98.1 Å². The first-order valence-corrected chi connectivity index (χ1v) is 18.2. The number of pyridine rings is 2. The molecule has 0 bridgehead atoms. The number of fused-ring (bicyclic) bond motifs is 2. The quantitative estimate of drug-likeness (QED) is 0.112. The van der Waals surface area contributed by atoms with Gasteiger partial charge in [0.05, 0.1) is 32.3 Å². The highest BCUT2D eigenvalue weighted by atomic mass is 19.1. The van der Waals surface area contributed by atoms with E-state index >= 15 is 0 Å². The van der Waals surface area contributed by atoms with E-state index in [9.17, 15) is 29.0 Å². The third kappa shape index (κ3) is 9.07. The molecule has 0 saturated carbocycles. The summed E-state index contributed by atoms with van der Waals surface area (Å²) in [5.41, 5.74) is 6.08. The fraction of sp³-hybridized carbons (Fsp3) is 0.286. The molecule has 6 aromatic rings. The van der Waals surface area contributed by atoms with Gasteiger partial charge < -0.3 is 0 Å². The van der Waals surface area contributed by atoms with Crippen molar-refractivity contribution < 1.29 is 18.6 Å². The smallest absolute Gasteiger partial charge is 0.270 e. The number of non-ortho nitro benzene ring substituents is 2. The van der Waals surface area contributed by atoms with Crippen LogP contribution >= 0.6 is 0 Å². The summed E-state index contributed by atoms with van der Waals surface area (Å²) < 4.78 is 26.2. The minimum Gasteiger partial charge on any atom is -0.297 e. The van der Waals surface area contributed by atoms with E-state index in [2.05, 4.69) is 19.8 Å². The van der Waals surface area contributed by atoms with Gasteiger partial charge in [-0.05, 0) is 123 Å². The van der Waals surface area contributed by atoms with Crippen LogP contribution in [0.5, 0.6) is 0 Å². The molecule has 54 heavy (non-hydrogen) atoms. The van der Waals surface area contributed by atoms with Gasteiger partial charge in [-0.3, -0.25) is 40.0 Å². The third-order valence-electron chi connectivity index (χ3n) is 10.5. The Labute approximate surface area is 311 Å². The second-order valence-corrected chi connectivity index (χ2v) is 14.1. The summed E-state index contributed by atoms with van der Waals surface area (Å²) in [5.74, 6) is 0.576. The van der Waals surface area contributed by atoms with Gasteiger partial charge in [-0.15, -0.1) is 0 Å². The van der Waals surface area contributed by atoms with Crippen molar-refractivity contribution in [3.8, 4) is 0 Å². The van der Waals surface area contributed by atoms with Crippen molar-refractivity contribution in [1.29, 1.82) is 0 Å². The van der Waals surface area contributed by atoms with Crippen molar-refractivity contribution in [2.45, 2.75) is 50.6 Å². The molecule has 10 nitrogen and oxygen atoms in total. The van der Waals surface area contributed by atoms with Crippen LogP contribution in [-0.2, 0) is 13.1 Å². The van der Waals surface area contributed by atoms with Crippen molar-refractivity contribution in [3.05, 3.63) is 164 Å². The number of hydrogen-bond acceptors (Lipinski definition) is 8. The van der Waals surface area contributed by atoms with Gasteiger partial charge in [0, 0.05) is 48.1 Å². The molecule has 2 aromatic heterocycles. The van der Waals surface area contributed by atoms with Crippen molar-refractivity contribution >= 4 is 33.2 Å². The molecule has 2 aliphatic heterocycles. The molecule has 0 aliphatic carbocycles. The normalized spacial score (nSPS) is 15.9. The fourth-order valence-electron chi connectivity index (χ4n) is 7.49. The molecule has 0 radical (unpaired) electrons. The number of likely N-dealkylation sites (tertiary alicyclic amines) is 2. The van der Waals surface area contributed by atoms with Gasteiger partial charge in [-0.1, -0.05) is 36.4 Å². The van der Waals surface area contributed by atoms with Crippen LogP contribution in [0.1, 0.15) is 60.0 Å². The Morgan fingerprint density at radius 3 is 1.26 bits per heavy atom. The van der Waals surface area contributed by atoms with Gasteiger partial charge in [0.15, 0.2) is 0 Å². The first-order valence-electron chi connectivity index (χ1n) is 18.2. The van der Waals surface area contributed by atoms with Crippen LogP contribution in [0.2, 0.25) is 0 Å². The molecular formula is C42H40F2N6O4. The monoisotopic (exact) mass is 730 g/mol. The predicted molar refractivity (Wildman–Crippen MR) is 204 cm³/mol. The Hall–Kier alpha value is -5.72. The summed E-state index contributed by atoms with van der Waals surface area (Å²) in [6.45, 7) is 5.43. The highest BCUT2D eigenvalue weighted by Crippen LogP contribution is 2.30. The van der Waals surface area contributed by atoms with Crippen molar-refractivity contribution in [2.24, 2.45) is 0 Å². The largest absolute Gasteiger partial charge is 0.297 e. The summed E-state index contributed by atoms with van der Waals surface area (Å²) >= 11 is 0. The lowest BCUT2D eigenvalue weighted by atomic mass is 9.89. The average molecular weight is 731 g/mol. The molecule has 0 N–H and O–H groups in total. The third-order valence-corrected chi connectivity index (χ3v) is 10.5. The highest BCUT2D eigenvalue weighted by Gasteiger charge is 2.22. The van der Waals surface area contributed by atoms with Crippen molar-refractivity contribution in [2.75, 3.05) is 26.2 Å². The van der Waals surface area contributed by atoms with Gasteiger partial charge in [-0.2, -0.15) is 0 Å². The maximum Gasteiger partial charge on any atom is 0.270 e. The maximum absolute atomic E-state index is 13.1.